The van der Waals surface area contributed by atoms with Gasteiger partial charge < -0.3 is 10.1 Å². The number of benzene rings is 1. The van der Waals surface area contributed by atoms with Crippen LogP contribution in [-0.2, 0) is 30.6 Å². The van der Waals surface area contributed by atoms with Crippen LogP contribution in [-0.4, -0.2) is 43.9 Å². The molecule has 0 saturated carbocycles. The Morgan fingerprint density at radius 3 is 2.58 bits per heavy atom. The van der Waals surface area contributed by atoms with Crippen LogP contribution in [0.5, 0.6) is 0 Å². The van der Waals surface area contributed by atoms with Gasteiger partial charge in [-0.1, -0.05) is 18.2 Å². The van der Waals surface area contributed by atoms with Crippen molar-refractivity contribution in [2.24, 2.45) is 0 Å². The van der Waals surface area contributed by atoms with Gasteiger partial charge in [0.2, 0.25) is 0 Å². The van der Waals surface area contributed by atoms with Crippen LogP contribution in [0.1, 0.15) is 30.0 Å². The highest BCUT2D eigenvalue weighted by molar-refractivity contribution is 7.91. The number of sulfone groups is 1. The van der Waals surface area contributed by atoms with E-state index in [2.05, 4.69) is 5.32 Å². The van der Waals surface area contributed by atoms with Gasteiger partial charge in [0.25, 0.3) is 5.91 Å². The van der Waals surface area contributed by atoms with Crippen LogP contribution < -0.4 is 5.32 Å². The second-order valence-corrected chi connectivity index (χ2v) is 8.56. The fourth-order valence-corrected chi connectivity index (χ4v) is 4.27. The lowest BCUT2D eigenvalue weighted by Gasteiger charge is -2.16. The molecule has 2 rings (SSSR count). The van der Waals surface area contributed by atoms with Gasteiger partial charge in [-0.3, -0.25) is 9.59 Å². The number of aryl methyl sites for hydroxylation is 2. The third-order valence-corrected chi connectivity index (χ3v) is 5.94. The number of esters is 1. The minimum absolute atomic E-state index is 0.0535. The molecule has 1 aliphatic rings. The molecule has 1 N–H and O–H groups in total. The van der Waals surface area contributed by atoms with Crippen LogP contribution >= 0.6 is 0 Å². The highest BCUT2D eigenvalue weighted by Gasteiger charge is 2.30. The minimum atomic E-state index is -3.06. The minimum Gasteiger partial charge on any atom is -0.452 e. The quantitative estimate of drug-likeness (QED) is 0.800. The maximum atomic E-state index is 12.0. The molecule has 1 aliphatic heterocycles. The van der Waals surface area contributed by atoms with E-state index in [4.69, 9.17) is 4.74 Å². The van der Waals surface area contributed by atoms with E-state index in [-0.39, 0.29) is 17.9 Å². The molecule has 2 atom stereocenters. The van der Waals surface area contributed by atoms with Gasteiger partial charge in [0.15, 0.2) is 15.9 Å². The van der Waals surface area contributed by atoms with Gasteiger partial charge in [0.1, 0.15) is 0 Å². The highest BCUT2D eigenvalue weighted by atomic mass is 32.2. The van der Waals surface area contributed by atoms with Crippen molar-refractivity contribution in [2.75, 3.05) is 11.5 Å². The predicted molar refractivity (Wildman–Crippen MR) is 90.4 cm³/mol. The fourth-order valence-electron chi connectivity index (χ4n) is 2.60. The van der Waals surface area contributed by atoms with Gasteiger partial charge in [0, 0.05) is 6.04 Å². The summed E-state index contributed by atoms with van der Waals surface area (Å²) in [5.74, 6) is -0.925. The summed E-state index contributed by atoms with van der Waals surface area (Å²) in [6.07, 6.45) is -0.458. The van der Waals surface area contributed by atoms with E-state index in [1.54, 1.807) is 0 Å². The Balaban J connectivity index is 1.84. The normalized spacial score (nSPS) is 20.4. The first kappa shape index (κ1) is 18.4. The average molecular weight is 353 g/mol. The first-order chi connectivity index (χ1) is 11.2. The van der Waals surface area contributed by atoms with Crippen molar-refractivity contribution in [3.63, 3.8) is 0 Å². The number of hydrogen-bond donors (Lipinski definition) is 1. The topological polar surface area (TPSA) is 89.5 Å². The maximum Gasteiger partial charge on any atom is 0.311 e. The Bertz CT molecular complexity index is 741. The van der Waals surface area contributed by atoms with E-state index in [1.807, 2.05) is 32.0 Å². The summed E-state index contributed by atoms with van der Waals surface area (Å²) in [5.41, 5.74) is 3.07. The Morgan fingerprint density at radius 2 is 2.00 bits per heavy atom. The molecule has 7 heteroatoms. The molecular formula is C17H23NO5S. The number of amides is 1. The van der Waals surface area contributed by atoms with Gasteiger partial charge >= 0.3 is 5.97 Å². The van der Waals surface area contributed by atoms with Crippen molar-refractivity contribution >= 4 is 21.7 Å². The van der Waals surface area contributed by atoms with Crippen molar-refractivity contribution in [3.05, 3.63) is 34.9 Å². The smallest absolute Gasteiger partial charge is 0.311 e. The summed E-state index contributed by atoms with van der Waals surface area (Å²) in [4.78, 5) is 24.0. The van der Waals surface area contributed by atoms with Crippen LogP contribution in [0.4, 0.5) is 0 Å². The van der Waals surface area contributed by atoms with Gasteiger partial charge in [0.05, 0.1) is 17.9 Å². The Kier molecular flexibility index (Phi) is 5.64. The van der Waals surface area contributed by atoms with Gasteiger partial charge in [-0.05, 0) is 43.9 Å². The first-order valence-corrected chi connectivity index (χ1v) is 9.75. The average Bonchev–Trinajstić information content (AvgIpc) is 2.81. The third-order valence-electron chi connectivity index (χ3n) is 4.18. The molecule has 6 nitrogen and oxygen atoms in total. The number of nitrogens with one attached hydrogen (secondary N) is 1. The van der Waals surface area contributed by atoms with Gasteiger partial charge in [-0.15, -0.1) is 0 Å². The van der Waals surface area contributed by atoms with Crippen molar-refractivity contribution in [2.45, 2.75) is 45.8 Å². The van der Waals surface area contributed by atoms with E-state index in [0.717, 1.165) is 16.7 Å². The van der Waals surface area contributed by atoms with Crippen molar-refractivity contribution in [1.29, 1.82) is 0 Å². The number of hydrogen-bond acceptors (Lipinski definition) is 5. The summed E-state index contributed by atoms with van der Waals surface area (Å²) in [6.45, 7) is 5.44. The lowest BCUT2D eigenvalue weighted by atomic mass is 10.0. The summed E-state index contributed by atoms with van der Waals surface area (Å²) in [5, 5.41) is 2.62. The first-order valence-electron chi connectivity index (χ1n) is 7.93. The molecule has 1 aromatic carbocycles. The highest BCUT2D eigenvalue weighted by Crippen LogP contribution is 2.13. The largest absolute Gasteiger partial charge is 0.452 e. The van der Waals surface area contributed by atoms with Crippen molar-refractivity contribution in [3.8, 4) is 0 Å². The second-order valence-electron chi connectivity index (χ2n) is 6.34. The Hall–Kier alpha value is -1.89. The van der Waals surface area contributed by atoms with Crippen LogP contribution in [0.3, 0.4) is 0 Å². The summed E-state index contributed by atoms with van der Waals surface area (Å²) in [7, 11) is -3.06. The monoisotopic (exact) mass is 353 g/mol. The molecule has 1 fully saturated rings. The molecule has 1 heterocycles. The van der Waals surface area contributed by atoms with Crippen LogP contribution in [0, 0.1) is 13.8 Å². The molecule has 0 bridgehead atoms. The zero-order valence-electron chi connectivity index (χ0n) is 14.2. The molecule has 132 valence electrons. The summed E-state index contributed by atoms with van der Waals surface area (Å²) < 4.78 is 27.9. The fraction of sp³-hybridized carbons (Fsp3) is 0.529. The zero-order chi connectivity index (χ0) is 17.9. The van der Waals surface area contributed by atoms with Crippen LogP contribution in [0.25, 0.3) is 0 Å². The Labute approximate surface area is 142 Å². The summed E-state index contributed by atoms with van der Waals surface area (Å²) >= 11 is 0. The molecule has 0 spiro atoms. The van der Waals surface area contributed by atoms with Crippen molar-refractivity contribution < 1.29 is 22.7 Å². The SMILES string of the molecule is Cc1ccc(CC(=O)O[C@@H](C)C(=O)N[C@@H]2CCS(=O)(=O)C2)cc1C. The zero-order valence-corrected chi connectivity index (χ0v) is 15.0. The molecule has 0 radical (unpaired) electrons. The Morgan fingerprint density at radius 1 is 1.29 bits per heavy atom. The van der Waals surface area contributed by atoms with E-state index in [9.17, 15) is 18.0 Å². The van der Waals surface area contributed by atoms with Crippen molar-refractivity contribution in [1.82, 2.24) is 5.32 Å². The van der Waals surface area contributed by atoms with Gasteiger partial charge in [-0.2, -0.15) is 0 Å². The predicted octanol–water partition coefficient (Wildman–Crippen LogP) is 1.08. The number of carbonyl (C=O) groups excluding carboxylic acids is 2. The lowest BCUT2D eigenvalue weighted by Crippen LogP contribution is -2.42. The van der Waals surface area contributed by atoms with E-state index in [1.165, 1.54) is 6.92 Å². The van der Waals surface area contributed by atoms with Gasteiger partial charge in [-0.25, -0.2) is 8.42 Å². The number of carbonyl (C=O) groups is 2. The van der Waals surface area contributed by atoms with E-state index in [0.29, 0.717) is 6.42 Å². The third kappa shape index (κ3) is 5.06. The van der Waals surface area contributed by atoms with E-state index >= 15 is 0 Å². The maximum absolute atomic E-state index is 12.0. The van der Waals surface area contributed by atoms with Crippen LogP contribution in [0.2, 0.25) is 0 Å². The molecule has 1 saturated heterocycles. The number of ether oxygens (including phenoxy) is 1. The molecular weight excluding hydrogens is 330 g/mol. The molecule has 1 aromatic rings. The molecule has 0 aliphatic carbocycles. The molecule has 24 heavy (non-hydrogen) atoms. The van der Waals surface area contributed by atoms with E-state index < -0.39 is 33.9 Å². The molecule has 0 unspecified atom stereocenters. The lowest BCUT2D eigenvalue weighted by molar-refractivity contribution is -0.154. The van der Waals surface area contributed by atoms with Crippen LogP contribution in [0.15, 0.2) is 18.2 Å². The second kappa shape index (κ2) is 7.34. The summed E-state index contributed by atoms with van der Waals surface area (Å²) in [6, 6.07) is 5.32. The number of rotatable bonds is 5. The molecule has 1 amide bonds. The molecule has 0 aromatic heterocycles. The standard InChI is InChI=1S/C17H23NO5S/c1-11-4-5-14(8-12(11)2)9-16(19)23-13(3)17(20)18-15-6-7-24(21,22)10-15/h4-5,8,13,15H,6-7,9-10H2,1-3H3,(H,18,20)/t13-,15+/m0/s1.